The van der Waals surface area contributed by atoms with Crippen LogP contribution in [0, 0.1) is 13.8 Å². The van der Waals surface area contributed by atoms with Gasteiger partial charge < -0.3 is 0 Å². The van der Waals surface area contributed by atoms with Crippen molar-refractivity contribution in [3.63, 3.8) is 0 Å². The highest BCUT2D eigenvalue weighted by molar-refractivity contribution is 7.92. The Morgan fingerprint density at radius 3 is 2.08 bits per heavy atom. The van der Waals surface area contributed by atoms with Crippen LogP contribution in [0.3, 0.4) is 0 Å². The molecule has 0 bridgehead atoms. The fraction of sp³-hybridized carbons (Fsp3) is 0.263. The van der Waals surface area contributed by atoms with Gasteiger partial charge in [0.1, 0.15) is 0 Å². The number of rotatable bonds is 5. The van der Waals surface area contributed by atoms with Crippen molar-refractivity contribution in [1.82, 2.24) is 0 Å². The smallest absolute Gasteiger partial charge is 0.222 e. The first-order chi connectivity index (χ1) is 11.6. The van der Waals surface area contributed by atoms with E-state index in [0.717, 1.165) is 11.6 Å². The zero-order valence-corrected chi connectivity index (χ0v) is 14.8. The summed E-state index contributed by atoms with van der Waals surface area (Å²) in [7, 11) is -4.76. The van der Waals surface area contributed by atoms with Gasteiger partial charge in [-0.05, 0) is 49.1 Å². The van der Waals surface area contributed by atoms with Crippen LogP contribution < -0.4 is 0 Å². The molecule has 0 radical (unpaired) electrons. The minimum atomic E-state index is -5.02. The minimum Gasteiger partial charge on any atom is -0.222 e. The van der Waals surface area contributed by atoms with Crippen LogP contribution in [0.2, 0.25) is 0 Å². The summed E-state index contributed by atoms with van der Waals surface area (Å²) < 4.78 is 65.9. The van der Waals surface area contributed by atoms with E-state index in [2.05, 4.69) is 6.58 Å². The van der Waals surface area contributed by atoms with Gasteiger partial charge in [0.2, 0.25) is 0 Å². The SMILES string of the molecule is C=CCC(c1ccc(C)c(C)c1)(C(F)(F)F)S(=O)(=O)c1ccccc1. The Labute approximate surface area is 145 Å². The van der Waals surface area contributed by atoms with Gasteiger partial charge in [-0.25, -0.2) is 8.42 Å². The maximum absolute atomic E-state index is 14.2. The van der Waals surface area contributed by atoms with Crippen LogP contribution in [0.15, 0.2) is 66.1 Å². The number of hydrogen-bond acceptors (Lipinski definition) is 2. The summed E-state index contributed by atoms with van der Waals surface area (Å²) >= 11 is 0. The summed E-state index contributed by atoms with van der Waals surface area (Å²) in [6, 6.07) is 10.8. The van der Waals surface area contributed by atoms with Crippen LogP contribution in [0.1, 0.15) is 23.1 Å². The van der Waals surface area contributed by atoms with E-state index in [4.69, 9.17) is 0 Å². The van der Waals surface area contributed by atoms with Crippen LogP contribution in [0.4, 0.5) is 13.2 Å². The first kappa shape index (κ1) is 19.2. The largest absolute Gasteiger partial charge is 0.412 e. The lowest BCUT2D eigenvalue weighted by Gasteiger charge is -2.35. The van der Waals surface area contributed by atoms with Crippen molar-refractivity contribution in [1.29, 1.82) is 0 Å². The Kier molecular flexibility index (Phi) is 5.14. The van der Waals surface area contributed by atoms with E-state index < -0.39 is 27.2 Å². The molecule has 0 aliphatic carbocycles. The highest BCUT2D eigenvalue weighted by atomic mass is 32.2. The number of alkyl halides is 3. The fourth-order valence-corrected chi connectivity index (χ4v) is 4.81. The second kappa shape index (κ2) is 6.67. The predicted octanol–water partition coefficient (Wildman–Crippen LogP) is 5.11. The van der Waals surface area contributed by atoms with E-state index >= 15 is 0 Å². The third-order valence-electron chi connectivity index (χ3n) is 4.38. The lowest BCUT2D eigenvalue weighted by atomic mass is 9.91. The first-order valence-corrected chi connectivity index (χ1v) is 9.11. The third kappa shape index (κ3) is 3.11. The highest BCUT2D eigenvalue weighted by Crippen LogP contribution is 2.51. The molecular formula is C19H19F3O2S. The fourth-order valence-electron chi connectivity index (χ4n) is 2.81. The van der Waals surface area contributed by atoms with E-state index in [1.807, 2.05) is 0 Å². The van der Waals surface area contributed by atoms with E-state index in [1.54, 1.807) is 19.9 Å². The Morgan fingerprint density at radius 1 is 1.00 bits per heavy atom. The molecule has 0 amide bonds. The second-order valence-electron chi connectivity index (χ2n) is 5.93. The minimum absolute atomic E-state index is 0.299. The summed E-state index contributed by atoms with van der Waals surface area (Å²) in [6.45, 7) is 6.78. The van der Waals surface area contributed by atoms with Crippen molar-refractivity contribution >= 4 is 9.84 Å². The molecule has 0 aliphatic rings. The van der Waals surface area contributed by atoms with E-state index in [0.29, 0.717) is 5.56 Å². The molecule has 1 unspecified atom stereocenters. The summed E-state index contributed by atoms with van der Waals surface area (Å²) in [6.07, 6.45) is -4.78. The zero-order valence-electron chi connectivity index (χ0n) is 14.0. The molecule has 0 saturated carbocycles. The summed E-state index contributed by atoms with van der Waals surface area (Å²) in [4.78, 5) is -0.368. The zero-order chi connectivity index (χ0) is 18.9. The molecule has 134 valence electrons. The molecule has 0 spiro atoms. The van der Waals surface area contributed by atoms with Crippen molar-refractivity contribution in [2.75, 3.05) is 0 Å². The van der Waals surface area contributed by atoms with Gasteiger partial charge in [-0.3, -0.25) is 0 Å². The maximum Gasteiger partial charge on any atom is 0.412 e. The van der Waals surface area contributed by atoms with Crippen LogP contribution >= 0.6 is 0 Å². The average Bonchev–Trinajstić information content (AvgIpc) is 2.54. The maximum atomic E-state index is 14.2. The molecule has 0 aliphatic heterocycles. The van der Waals surface area contributed by atoms with Gasteiger partial charge in [-0.2, -0.15) is 13.2 Å². The molecule has 0 heterocycles. The van der Waals surface area contributed by atoms with Crippen molar-refractivity contribution in [2.45, 2.75) is 36.1 Å². The molecule has 2 aromatic carbocycles. The van der Waals surface area contributed by atoms with Crippen LogP contribution in [0.5, 0.6) is 0 Å². The quantitative estimate of drug-likeness (QED) is 0.687. The van der Waals surface area contributed by atoms with E-state index in [9.17, 15) is 21.6 Å². The average molecular weight is 368 g/mol. The van der Waals surface area contributed by atoms with Crippen LogP contribution in [-0.2, 0) is 14.6 Å². The monoisotopic (exact) mass is 368 g/mol. The first-order valence-electron chi connectivity index (χ1n) is 7.63. The molecule has 2 aromatic rings. The molecule has 0 saturated heterocycles. The number of halogens is 3. The van der Waals surface area contributed by atoms with E-state index in [1.165, 1.54) is 42.5 Å². The van der Waals surface area contributed by atoms with Crippen molar-refractivity contribution < 1.29 is 21.6 Å². The molecular weight excluding hydrogens is 349 g/mol. The number of hydrogen-bond donors (Lipinski definition) is 0. The van der Waals surface area contributed by atoms with Gasteiger partial charge in [0.25, 0.3) is 0 Å². The third-order valence-corrected chi connectivity index (χ3v) is 6.82. The number of aryl methyl sites for hydroxylation is 2. The Bertz CT molecular complexity index is 871. The molecule has 25 heavy (non-hydrogen) atoms. The summed E-state index contributed by atoms with van der Waals surface area (Å²) in [5.74, 6) is 0. The molecule has 0 aromatic heterocycles. The number of sulfone groups is 1. The van der Waals surface area contributed by atoms with Gasteiger partial charge in [0.15, 0.2) is 14.6 Å². The predicted molar refractivity (Wildman–Crippen MR) is 92.1 cm³/mol. The topological polar surface area (TPSA) is 34.1 Å². The molecule has 0 N–H and O–H groups in total. The Morgan fingerprint density at radius 2 is 1.60 bits per heavy atom. The van der Waals surface area contributed by atoms with Gasteiger partial charge in [0, 0.05) is 0 Å². The molecule has 1 atom stereocenters. The lowest BCUT2D eigenvalue weighted by Crippen LogP contribution is -2.48. The molecule has 0 fully saturated rings. The summed E-state index contributed by atoms with van der Waals surface area (Å²) in [5.41, 5.74) is 1.08. The highest BCUT2D eigenvalue weighted by Gasteiger charge is 2.64. The molecule has 6 heteroatoms. The van der Waals surface area contributed by atoms with Crippen molar-refractivity contribution in [2.24, 2.45) is 0 Å². The van der Waals surface area contributed by atoms with Crippen molar-refractivity contribution in [3.8, 4) is 0 Å². The van der Waals surface area contributed by atoms with E-state index in [-0.39, 0.29) is 10.5 Å². The molecule has 2 rings (SSSR count). The second-order valence-corrected chi connectivity index (χ2v) is 8.11. The standard InChI is InChI=1S/C19H19F3O2S/c1-4-12-18(19(20,21)22,16-11-10-14(2)15(3)13-16)25(23,24)17-8-6-5-7-9-17/h4-11,13H,1,12H2,2-3H3. The van der Waals surface area contributed by atoms with Gasteiger partial charge in [-0.15, -0.1) is 6.58 Å². The summed E-state index contributed by atoms with van der Waals surface area (Å²) in [5, 5.41) is 0. The van der Waals surface area contributed by atoms with Crippen molar-refractivity contribution in [3.05, 3.63) is 77.9 Å². The normalized spacial score (nSPS) is 14.8. The van der Waals surface area contributed by atoms with Gasteiger partial charge in [-0.1, -0.05) is 42.5 Å². The lowest BCUT2D eigenvalue weighted by molar-refractivity contribution is -0.163. The number of benzene rings is 2. The Balaban J connectivity index is 2.90. The van der Waals surface area contributed by atoms with Crippen LogP contribution in [-0.4, -0.2) is 14.6 Å². The van der Waals surface area contributed by atoms with Crippen LogP contribution in [0.25, 0.3) is 0 Å². The molecule has 2 nitrogen and oxygen atoms in total. The van der Waals surface area contributed by atoms with Gasteiger partial charge >= 0.3 is 6.18 Å². The number of allylic oxidation sites excluding steroid dienone is 1. The van der Waals surface area contributed by atoms with Gasteiger partial charge in [0.05, 0.1) is 4.90 Å². The Hall–Kier alpha value is -2.08.